The average Bonchev–Trinajstić information content (AvgIpc) is 2.90. The molecule has 6 heteroatoms. The second-order valence-corrected chi connectivity index (χ2v) is 5.02. The Bertz CT molecular complexity index is 416. The van der Waals surface area contributed by atoms with Crippen LogP contribution in [-0.4, -0.2) is 43.3 Å². The summed E-state index contributed by atoms with van der Waals surface area (Å²) in [6.07, 6.45) is 1.61. The normalized spacial score (nSPS) is 27.3. The van der Waals surface area contributed by atoms with Gasteiger partial charge in [0.15, 0.2) is 5.82 Å². The van der Waals surface area contributed by atoms with Crippen molar-refractivity contribution in [2.75, 3.05) is 38.2 Å². The number of hydrogen-bond acceptors (Lipinski definition) is 5. The van der Waals surface area contributed by atoms with E-state index in [1.165, 1.54) is 0 Å². The summed E-state index contributed by atoms with van der Waals surface area (Å²) in [6.45, 7) is 4.22. The highest BCUT2D eigenvalue weighted by Crippen LogP contribution is 2.33. The van der Waals surface area contributed by atoms with Gasteiger partial charge in [-0.3, -0.25) is 0 Å². The number of hydrogen-bond donors (Lipinski definition) is 1. The highest BCUT2D eigenvalue weighted by Gasteiger charge is 2.37. The fourth-order valence-electron chi connectivity index (χ4n) is 2.69. The maximum atomic E-state index is 6.15. The van der Waals surface area contributed by atoms with Crippen LogP contribution in [0.1, 0.15) is 0 Å². The molecule has 0 spiro atoms. The van der Waals surface area contributed by atoms with E-state index >= 15 is 0 Å². The van der Waals surface area contributed by atoms with Crippen molar-refractivity contribution in [3.05, 3.63) is 11.2 Å². The van der Waals surface area contributed by atoms with Gasteiger partial charge in [-0.15, -0.1) is 0 Å². The van der Waals surface area contributed by atoms with E-state index in [4.69, 9.17) is 16.3 Å². The van der Waals surface area contributed by atoms with Crippen LogP contribution in [0.5, 0.6) is 6.01 Å². The molecule has 2 aliphatic rings. The van der Waals surface area contributed by atoms with Gasteiger partial charge in [0, 0.05) is 26.2 Å². The first-order valence-corrected chi connectivity index (χ1v) is 6.18. The summed E-state index contributed by atoms with van der Waals surface area (Å²) in [5, 5.41) is 4.01. The number of aromatic nitrogens is 2. The Morgan fingerprint density at radius 1 is 1.41 bits per heavy atom. The van der Waals surface area contributed by atoms with E-state index in [1.54, 1.807) is 13.3 Å². The number of halogens is 1. The molecule has 1 N–H and O–H groups in total. The molecule has 5 nitrogen and oxygen atoms in total. The number of ether oxygens (including phenoxy) is 1. The third kappa shape index (κ3) is 1.93. The summed E-state index contributed by atoms with van der Waals surface area (Å²) in [6, 6.07) is 0.375. The third-order valence-electron chi connectivity index (χ3n) is 3.58. The number of nitrogens with zero attached hydrogens (tertiary/aromatic N) is 3. The van der Waals surface area contributed by atoms with Gasteiger partial charge in [-0.1, -0.05) is 11.6 Å². The van der Waals surface area contributed by atoms with Gasteiger partial charge in [0.05, 0.1) is 13.3 Å². The minimum absolute atomic E-state index is 0.375. The summed E-state index contributed by atoms with van der Waals surface area (Å²) in [5.74, 6) is 2.23. The van der Waals surface area contributed by atoms with E-state index in [2.05, 4.69) is 20.2 Å². The third-order valence-corrected chi connectivity index (χ3v) is 3.84. The summed E-state index contributed by atoms with van der Waals surface area (Å²) in [5.41, 5.74) is 0. The van der Waals surface area contributed by atoms with Crippen LogP contribution >= 0.6 is 11.6 Å². The molecular weight excluding hydrogens is 240 g/mol. The topological polar surface area (TPSA) is 50.3 Å². The van der Waals surface area contributed by atoms with Crippen LogP contribution in [0.3, 0.4) is 0 Å². The zero-order valence-corrected chi connectivity index (χ0v) is 10.4. The Hall–Kier alpha value is -1.07. The molecule has 3 rings (SSSR count). The zero-order valence-electron chi connectivity index (χ0n) is 9.69. The largest absolute Gasteiger partial charge is 0.467 e. The van der Waals surface area contributed by atoms with Crippen LogP contribution in [0, 0.1) is 11.8 Å². The lowest BCUT2D eigenvalue weighted by atomic mass is 10.0. The van der Waals surface area contributed by atoms with Crippen LogP contribution in [0.25, 0.3) is 0 Å². The molecule has 92 valence electrons. The Labute approximate surface area is 105 Å². The van der Waals surface area contributed by atoms with Gasteiger partial charge in [0.2, 0.25) is 0 Å². The highest BCUT2D eigenvalue weighted by molar-refractivity contribution is 6.32. The molecule has 2 aliphatic heterocycles. The van der Waals surface area contributed by atoms with Crippen molar-refractivity contribution in [3.63, 3.8) is 0 Å². The Morgan fingerprint density at radius 3 is 2.76 bits per heavy atom. The predicted octanol–water partition coefficient (Wildman–Crippen LogP) is 0.794. The maximum absolute atomic E-state index is 6.15. The lowest BCUT2D eigenvalue weighted by molar-refractivity contribution is 0.380. The number of methoxy groups -OCH3 is 1. The van der Waals surface area contributed by atoms with Gasteiger partial charge in [0.1, 0.15) is 5.02 Å². The fourth-order valence-corrected chi connectivity index (χ4v) is 2.90. The number of fused-ring (bicyclic) bond motifs is 1. The quantitative estimate of drug-likeness (QED) is 0.846. The van der Waals surface area contributed by atoms with E-state index in [9.17, 15) is 0 Å². The van der Waals surface area contributed by atoms with Crippen molar-refractivity contribution in [2.45, 2.75) is 0 Å². The van der Waals surface area contributed by atoms with Gasteiger partial charge in [-0.05, 0) is 11.8 Å². The van der Waals surface area contributed by atoms with Crippen LogP contribution in [0.4, 0.5) is 5.82 Å². The van der Waals surface area contributed by atoms with E-state index in [0.717, 1.165) is 32.0 Å². The predicted molar refractivity (Wildman–Crippen MR) is 65.7 cm³/mol. The van der Waals surface area contributed by atoms with Gasteiger partial charge in [-0.2, -0.15) is 4.98 Å². The monoisotopic (exact) mass is 254 g/mol. The minimum atomic E-state index is 0.375. The smallest absolute Gasteiger partial charge is 0.318 e. The fraction of sp³-hybridized carbons (Fsp3) is 0.636. The minimum Gasteiger partial charge on any atom is -0.467 e. The summed E-state index contributed by atoms with van der Waals surface area (Å²) in [7, 11) is 1.57. The standard InChI is InChI=1S/C11H15ClN4O/c1-17-11-14-4-9(12)10(15-11)16-5-7-2-13-3-8(7)6-16/h4,7-8,13H,2-3,5-6H2,1H3/t7-,8+. The zero-order chi connectivity index (χ0) is 11.8. The maximum Gasteiger partial charge on any atom is 0.318 e. The van der Waals surface area contributed by atoms with Crippen molar-refractivity contribution in [3.8, 4) is 6.01 Å². The lowest BCUT2D eigenvalue weighted by Gasteiger charge is -2.19. The molecule has 3 heterocycles. The first kappa shape index (κ1) is 11.0. The SMILES string of the molecule is COc1ncc(Cl)c(N2C[C@H]3CNC[C@H]3C2)n1. The van der Waals surface area contributed by atoms with Gasteiger partial charge in [-0.25, -0.2) is 4.98 Å². The van der Waals surface area contributed by atoms with Crippen molar-refractivity contribution in [1.82, 2.24) is 15.3 Å². The van der Waals surface area contributed by atoms with E-state index in [0.29, 0.717) is 22.9 Å². The molecule has 1 aromatic heterocycles. The van der Waals surface area contributed by atoms with Crippen molar-refractivity contribution in [2.24, 2.45) is 11.8 Å². The number of anilines is 1. The van der Waals surface area contributed by atoms with Crippen LogP contribution in [0.15, 0.2) is 6.20 Å². The Kier molecular flexibility index (Phi) is 2.80. The first-order chi connectivity index (χ1) is 8.28. The second-order valence-electron chi connectivity index (χ2n) is 4.61. The molecule has 0 unspecified atom stereocenters. The molecule has 1 aromatic rings. The van der Waals surface area contributed by atoms with Gasteiger partial charge >= 0.3 is 6.01 Å². The first-order valence-electron chi connectivity index (χ1n) is 5.80. The molecule has 2 saturated heterocycles. The van der Waals surface area contributed by atoms with Crippen LogP contribution in [0.2, 0.25) is 5.02 Å². The second kappa shape index (κ2) is 4.31. The molecule has 0 bridgehead atoms. The Balaban J connectivity index is 1.84. The van der Waals surface area contributed by atoms with Gasteiger partial charge < -0.3 is 15.0 Å². The summed E-state index contributed by atoms with van der Waals surface area (Å²) < 4.78 is 5.04. The average molecular weight is 255 g/mol. The molecule has 2 fully saturated rings. The molecule has 2 atom stereocenters. The van der Waals surface area contributed by atoms with Gasteiger partial charge in [0.25, 0.3) is 0 Å². The molecule has 0 amide bonds. The van der Waals surface area contributed by atoms with Crippen molar-refractivity contribution < 1.29 is 4.74 Å². The van der Waals surface area contributed by atoms with E-state index < -0.39 is 0 Å². The molecular formula is C11H15ClN4O. The summed E-state index contributed by atoms with van der Waals surface area (Å²) >= 11 is 6.15. The van der Waals surface area contributed by atoms with Crippen LogP contribution in [-0.2, 0) is 0 Å². The molecule has 17 heavy (non-hydrogen) atoms. The summed E-state index contributed by atoms with van der Waals surface area (Å²) in [4.78, 5) is 10.6. The Morgan fingerprint density at radius 2 is 2.12 bits per heavy atom. The van der Waals surface area contributed by atoms with Crippen LogP contribution < -0.4 is 15.0 Å². The molecule has 0 radical (unpaired) electrons. The highest BCUT2D eigenvalue weighted by atomic mass is 35.5. The van der Waals surface area contributed by atoms with E-state index in [-0.39, 0.29) is 0 Å². The molecule has 0 saturated carbocycles. The molecule has 0 aliphatic carbocycles. The van der Waals surface area contributed by atoms with Crippen molar-refractivity contribution >= 4 is 17.4 Å². The number of nitrogens with one attached hydrogen (secondary N) is 1. The lowest BCUT2D eigenvalue weighted by Crippen LogP contribution is -2.26. The number of rotatable bonds is 2. The van der Waals surface area contributed by atoms with Crippen molar-refractivity contribution in [1.29, 1.82) is 0 Å². The van der Waals surface area contributed by atoms with E-state index in [1.807, 2.05) is 0 Å². The molecule has 0 aromatic carbocycles.